The third kappa shape index (κ3) is 7.01. The van der Waals surface area contributed by atoms with Crippen LogP contribution in [0, 0.1) is 0 Å². The number of carbonyl (C=O) groups is 1. The van der Waals surface area contributed by atoms with Crippen molar-refractivity contribution in [3.63, 3.8) is 0 Å². The molecule has 0 saturated heterocycles. The summed E-state index contributed by atoms with van der Waals surface area (Å²) < 4.78 is 0. The molecule has 0 bridgehead atoms. The number of aliphatic hydroxyl groups excluding tert-OH is 2. The molecule has 0 saturated carbocycles. The summed E-state index contributed by atoms with van der Waals surface area (Å²) in [6.07, 6.45) is 7.77. The second-order valence-corrected chi connectivity index (χ2v) is 5.73. The summed E-state index contributed by atoms with van der Waals surface area (Å²) in [5, 5.41) is 19.9. The third-order valence-electron chi connectivity index (χ3n) is 3.85. The van der Waals surface area contributed by atoms with Crippen LogP contribution in [-0.4, -0.2) is 28.2 Å². The molecule has 0 fully saturated rings. The summed E-state index contributed by atoms with van der Waals surface area (Å²) in [5.74, 6) is -0.405. The Morgan fingerprint density at radius 2 is 1.59 bits per heavy atom. The SMILES string of the molecule is C=CCCCCCCCC[C@@H](O)[C@H](O)C(=O)c1ccccc1. The van der Waals surface area contributed by atoms with Crippen molar-refractivity contribution < 1.29 is 15.0 Å². The van der Waals surface area contributed by atoms with Crippen molar-refractivity contribution in [1.29, 1.82) is 0 Å². The van der Waals surface area contributed by atoms with Gasteiger partial charge in [-0.1, -0.05) is 68.5 Å². The Balaban J connectivity index is 2.17. The zero-order valence-electron chi connectivity index (χ0n) is 13.3. The second kappa shape index (κ2) is 11.2. The van der Waals surface area contributed by atoms with E-state index in [2.05, 4.69) is 6.58 Å². The van der Waals surface area contributed by atoms with Crippen molar-refractivity contribution in [2.24, 2.45) is 0 Å². The summed E-state index contributed by atoms with van der Waals surface area (Å²) in [5.41, 5.74) is 0.441. The van der Waals surface area contributed by atoms with E-state index >= 15 is 0 Å². The van der Waals surface area contributed by atoms with Crippen LogP contribution in [0.25, 0.3) is 0 Å². The van der Waals surface area contributed by atoms with Gasteiger partial charge in [-0.15, -0.1) is 6.58 Å². The summed E-state index contributed by atoms with van der Waals surface area (Å²) in [6, 6.07) is 8.62. The molecule has 0 unspecified atom stereocenters. The molecule has 3 nitrogen and oxygen atoms in total. The summed E-state index contributed by atoms with van der Waals surface area (Å²) >= 11 is 0. The van der Waals surface area contributed by atoms with Gasteiger partial charge in [0.15, 0.2) is 5.78 Å². The van der Waals surface area contributed by atoms with E-state index in [1.165, 1.54) is 19.3 Å². The van der Waals surface area contributed by atoms with Crippen LogP contribution < -0.4 is 0 Å². The smallest absolute Gasteiger partial charge is 0.193 e. The van der Waals surface area contributed by atoms with Crippen LogP contribution in [-0.2, 0) is 0 Å². The molecule has 1 rings (SSSR count). The van der Waals surface area contributed by atoms with E-state index in [1.807, 2.05) is 12.1 Å². The lowest BCUT2D eigenvalue weighted by Crippen LogP contribution is -2.33. The molecule has 0 spiro atoms. The monoisotopic (exact) mass is 304 g/mol. The molecule has 122 valence electrons. The predicted octanol–water partition coefficient (Wildman–Crippen LogP) is 3.90. The number of aliphatic hydroxyl groups is 2. The maximum Gasteiger partial charge on any atom is 0.193 e. The molecule has 0 heterocycles. The van der Waals surface area contributed by atoms with Crippen LogP contribution in [0.2, 0.25) is 0 Å². The molecule has 2 N–H and O–H groups in total. The van der Waals surface area contributed by atoms with E-state index in [9.17, 15) is 15.0 Å². The van der Waals surface area contributed by atoms with E-state index < -0.39 is 18.0 Å². The number of Topliss-reactive ketones (excluding diaryl/α,β-unsaturated/α-hetero) is 1. The molecule has 2 atom stereocenters. The molecule has 0 aromatic heterocycles. The van der Waals surface area contributed by atoms with Gasteiger partial charge in [0, 0.05) is 5.56 Å². The zero-order valence-corrected chi connectivity index (χ0v) is 13.3. The largest absolute Gasteiger partial charge is 0.390 e. The molecule has 0 aliphatic heterocycles. The van der Waals surface area contributed by atoms with Crippen molar-refractivity contribution in [3.05, 3.63) is 48.6 Å². The first-order valence-corrected chi connectivity index (χ1v) is 8.23. The highest BCUT2D eigenvalue weighted by Gasteiger charge is 2.24. The van der Waals surface area contributed by atoms with Gasteiger partial charge in [-0.2, -0.15) is 0 Å². The maximum absolute atomic E-state index is 12.0. The number of allylic oxidation sites excluding steroid dienone is 1. The van der Waals surface area contributed by atoms with Gasteiger partial charge in [-0.05, 0) is 19.3 Å². The summed E-state index contributed by atoms with van der Waals surface area (Å²) in [7, 11) is 0. The molecular formula is C19H28O3. The minimum Gasteiger partial charge on any atom is -0.390 e. The molecular weight excluding hydrogens is 276 g/mol. The molecule has 3 heteroatoms. The van der Waals surface area contributed by atoms with Crippen LogP contribution in [0.4, 0.5) is 0 Å². The Morgan fingerprint density at radius 1 is 1.00 bits per heavy atom. The number of benzene rings is 1. The van der Waals surface area contributed by atoms with E-state index in [-0.39, 0.29) is 0 Å². The van der Waals surface area contributed by atoms with Gasteiger partial charge in [-0.3, -0.25) is 4.79 Å². The quantitative estimate of drug-likeness (QED) is 0.350. The Morgan fingerprint density at radius 3 is 2.23 bits per heavy atom. The van der Waals surface area contributed by atoms with Crippen LogP contribution in [0.3, 0.4) is 0 Å². The Labute approximate surface area is 133 Å². The molecule has 1 aromatic carbocycles. The average molecular weight is 304 g/mol. The van der Waals surface area contributed by atoms with E-state index in [0.29, 0.717) is 12.0 Å². The minimum atomic E-state index is -1.32. The molecule has 0 aliphatic carbocycles. The molecule has 1 aromatic rings. The van der Waals surface area contributed by atoms with Crippen molar-refractivity contribution >= 4 is 5.78 Å². The van der Waals surface area contributed by atoms with Gasteiger partial charge in [0.05, 0.1) is 6.10 Å². The Hall–Kier alpha value is -1.45. The minimum absolute atomic E-state index is 0.405. The fraction of sp³-hybridized carbons (Fsp3) is 0.526. The lowest BCUT2D eigenvalue weighted by atomic mass is 9.98. The van der Waals surface area contributed by atoms with Crippen molar-refractivity contribution in [2.45, 2.75) is 63.6 Å². The lowest BCUT2D eigenvalue weighted by Gasteiger charge is -2.16. The predicted molar refractivity (Wildman–Crippen MR) is 89.9 cm³/mol. The summed E-state index contributed by atoms with van der Waals surface area (Å²) in [4.78, 5) is 12.0. The average Bonchev–Trinajstić information content (AvgIpc) is 2.56. The Kier molecular flexibility index (Phi) is 9.44. The number of carbonyl (C=O) groups excluding carboxylic acids is 1. The first-order valence-electron chi connectivity index (χ1n) is 8.23. The van der Waals surface area contributed by atoms with Crippen molar-refractivity contribution in [3.8, 4) is 0 Å². The van der Waals surface area contributed by atoms with Crippen molar-refractivity contribution in [1.82, 2.24) is 0 Å². The van der Waals surface area contributed by atoms with Gasteiger partial charge >= 0.3 is 0 Å². The first kappa shape index (κ1) is 18.6. The molecule has 22 heavy (non-hydrogen) atoms. The standard InChI is InChI=1S/C19H28O3/c1-2-3-4-5-6-7-8-12-15-17(20)19(22)18(21)16-13-10-9-11-14-16/h2,9-11,13-14,17,19-20,22H,1,3-8,12,15H2/t17-,19+/m1/s1. The number of hydrogen-bond acceptors (Lipinski definition) is 3. The van der Waals surface area contributed by atoms with E-state index in [0.717, 1.165) is 25.7 Å². The van der Waals surface area contributed by atoms with E-state index in [4.69, 9.17) is 0 Å². The fourth-order valence-electron chi connectivity index (χ4n) is 2.46. The van der Waals surface area contributed by atoms with Crippen LogP contribution in [0.1, 0.15) is 61.7 Å². The van der Waals surface area contributed by atoms with Crippen molar-refractivity contribution in [2.75, 3.05) is 0 Å². The molecule has 0 radical (unpaired) electrons. The topological polar surface area (TPSA) is 57.5 Å². The zero-order chi connectivity index (χ0) is 16.2. The Bertz CT molecular complexity index is 428. The van der Waals surface area contributed by atoms with Crippen LogP contribution in [0.15, 0.2) is 43.0 Å². The highest BCUT2D eigenvalue weighted by Crippen LogP contribution is 2.14. The van der Waals surface area contributed by atoms with Gasteiger partial charge < -0.3 is 10.2 Å². The lowest BCUT2D eigenvalue weighted by molar-refractivity contribution is 0.0167. The third-order valence-corrected chi connectivity index (χ3v) is 3.85. The highest BCUT2D eigenvalue weighted by molar-refractivity contribution is 5.99. The van der Waals surface area contributed by atoms with E-state index in [1.54, 1.807) is 24.3 Å². The number of ketones is 1. The van der Waals surface area contributed by atoms with Crippen LogP contribution >= 0.6 is 0 Å². The first-order chi connectivity index (χ1) is 10.7. The van der Waals surface area contributed by atoms with Gasteiger partial charge in [-0.25, -0.2) is 0 Å². The molecule has 0 aliphatic rings. The van der Waals surface area contributed by atoms with Crippen LogP contribution in [0.5, 0.6) is 0 Å². The number of rotatable bonds is 12. The number of unbranched alkanes of at least 4 members (excludes halogenated alkanes) is 6. The summed E-state index contributed by atoms with van der Waals surface area (Å²) in [6.45, 7) is 3.70. The number of hydrogen-bond donors (Lipinski definition) is 2. The maximum atomic E-state index is 12.0. The molecule has 0 amide bonds. The highest BCUT2D eigenvalue weighted by atomic mass is 16.3. The fourth-order valence-corrected chi connectivity index (χ4v) is 2.46. The van der Waals surface area contributed by atoms with Gasteiger partial charge in [0.25, 0.3) is 0 Å². The van der Waals surface area contributed by atoms with Gasteiger partial charge in [0.2, 0.25) is 0 Å². The normalized spacial score (nSPS) is 13.5. The van der Waals surface area contributed by atoms with Gasteiger partial charge in [0.1, 0.15) is 6.10 Å². The second-order valence-electron chi connectivity index (χ2n) is 5.73.